The fourth-order valence-corrected chi connectivity index (χ4v) is 3.14. The van der Waals surface area contributed by atoms with E-state index in [4.69, 9.17) is 18.9 Å². The molecular formula is C21H32N2O6. The molecule has 29 heavy (non-hydrogen) atoms. The lowest BCUT2D eigenvalue weighted by Crippen LogP contribution is -2.47. The van der Waals surface area contributed by atoms with Crippen LogP contribution in [0.3, 0.4) is 0 Å². The van der Waals surface area contributed by atoms with Crippen LogP contribution in [-0.4, -0.2) is 74.4 Å². The quantitative estimate of drug-likeness (QED) is 0.720. The lowest BCUT2D eigenvalue weighted by atomic mass is 10.1. The van der Waals surface area contributed by atoms with E-state index in [-0.39, 0.29) is 12.0 Å². The van der Waals surface area contributed by atoms with Crippen molar-refractivity contribution in [2.75, 3.05) is 34.9 Å². The predicted molar refractivity (Wildman–Crippen MR) is 108 cm³/mol. The molecular weight excluding hydrogens is 376 g/mol. The van der Waals surface area contributed by atoms with Gasteiger partial charge < -0.3 is 23.8 Å². The van der Waals surface area contributed by atoms with Crippen molar-refractivity contribution in [3.8, 4) is 11.5 Å². The average molecular weight is 408 g/mol. The molecule has 1 aliphatic heterocycles. The molecule has 0 saturated carbocycles. The van der Waals surface area contributed by atoms with Crippen LogP contribution >= 0.6 is 0 Å². The van der Waals surface area contributed by atoms with Crippen molar-refractivity contribution in [1.29, 1.82) is 0 Å². The molecule has 8 nitrogen and oxygen atoms in total. The molecule has 2 amide bonds. The highest BCUT2D eigenvalue weighted by atomic mass is 16.6. The SMILES string of the molecule is COc1cc(CO[C@@H]2C[C@@H](C(=O)N(C)C)N(C(=O)OC(C)(C)C)C2)cc(OC)c1. The van der Waals surface area contributed by atoms with Gasteiger partial charge in [0, 0.05) is 26.6 Å². The largest absolute Gasteiger partial charge is 0.497 e. The highest BCUT2D eigenvalue weighted by Gasteiger charge is 2.42. The Morgan fingerprint density at radius 1 is 1.10 bits per heavy atom. The lowest BCUT2D eigenvalue weighted by molar-refractivity contribution is -0.133. The first kappa shape index (κ1) is 22.8. The van der Waals surface area contributed by atoms with Gasteiger partial charge in [0.15, 0.2) is 0 Å². The van der Waals surface area contributed by atoms with Gasteiger partial charge in [-0.1, -0.05) is 0 Å². The van der Waals surface area contributed by atoms with Crippen LogP contribution in [-0.2, 0) is 20.9 Å². The summed E-state index contributed by atoms with van der Waals surface area (Å²) in [6, 6.07) is 4.91. The normalized spacial score (nSPS) is 19.1. The van der Waals surface area contributed by atoms with Gasteiger partial charge >= 0.3 is 6.09 Å². The van der Waals surface area contributed by atoms with Crippen molar-refractivity contribution in [3.05, 3.63) is 23.8 Å². The van der Waals surface area contributed by atoms with Crippen molar-refractivity contribution in [2.24, 2.45) is 0 Å². The van der Waals surface area contributed by atoms with E-state index < -0.39 is 17.7 Å². The van der Waals surface area contributed by atoms with E-state index in [0.29, 0.717) is 31.1 Å². The Bertz CT molecular complexity index is 706. The Kier molecular flexibility index (Phi) is 7.35. The molecule has 2 rings (SSSR count). The second-order valence-corrected chi connectivity index (χ2v) is 8.27. The Balaban J connectivity index is 2.10. The molecule has 0 spiro atoms. The molecule has 0 unspecified atom stereocenters. The molecule has 0 aliphatic carbocycles. The fourth-order valence-electron chi connectivity index (χ4n) is 3.14. The summed E-state index contributed by atoms with van der Waals surface area (Å²) in [5, 5.41) is 0. The molecule has 1 aromatic rings. The molecule has 1 heterocycles. The smallest absolute Gasteiger partial charge is 0.411 e. The van der Waals surface area contributed by atoms with Gasteiger partial charge in [-0.05, 0) is 38.5 Å². The fraction of sp³-hybridized carbons (Fsp3) is 0.619. The summed E-state index contributed by atoms with van der Waals surface area (Å²) in [5.41, 5.74) is 0.242. The number of ether oxygens (including phenoxy) is 4. The highest BCUT2D eigenvalue weighted by molar-refractivity contribution is 5.86. The maximum Gasteiger partial charge on any atom is 0.411 e. The number of hydrogen-bond acceptors (Lipinski definition) is 6. The van der Waals surface area contributed by atoms with Crippen LogP contribution in [0.4, 0.5) is 4.79 Å². The Morgan fingerprint density at radius 2 is 1.69 bits per heavy atom. The Labute approximate surface area is 172 Å². The van der Waals surface area contributed by atoms with Crippen LogP contribution in [0.1, 0.15) is 32.8 Å². The zero-order chi connectivity index (χ0) is 21.8. The predicted octanol–water partition coefficient (Wildman–Crippen LogP) is 2.69. The summed E-state index contributed by atoms with van der Waals surface area (Å²) in [6.07, 6.45) is -0.377. The first-order chi connectivity index (χ1) is 13.5. The van der Waals surface area contributed by atoms with Crippen LogP contribution in [0, 0.1) is 0 Å². The number of hydrogen-bond donors (Lipinski definition) is 0. The van der Waals surface area contributed by atoms with Crippen molar-refractivity contribution in [3.63, 3.8) is 0 Å². The molecule has 0 N–H and O–H groups in total. The second-order valence-electron chi connectivity index (χ2n) is 8.27. The van der Waals surface area contributed by atoms with Crippen molar-refractivity contribution < 1.29 is 28.5 Å². The molecule has 1 aliphatic rings. The number of likely N-dealkylation sites (tertiary alicyclic amines) is 1. The molecule has 0 bridgehead atoms. The number of amides is 2. The molecule has 1 fully saturated rings. The minimum absolute atomic E-state index is 0.148. The number of rotatable bonds is 6. The monoisotopic (exact) mass is 408 g/mol. The van der Waals surface area contributed by atoms with E-state index in [2.05, 4.69) is 0 Å². The van der Waals surface area contributed by atoms with E-state index in [1.807, 2.05) is 12.1 Å². The summed E-state index contributed by atoms with van der Waals surface area (Å²) in [5.74, 6) is 1.20. The summed E-state index contributed by atoms with van der Waals surface area (Å²) in [4.78, 5) is 28.2. The lowest BCUT2D eigenvalue weighted by Gasteiger charge is -2.29. The van der Waals surface area contributed by atoms with Crippen molar-refractivity contribution in [2.45, 2.75) is 51.5 Å². The summed E-state index contributed by atoms with van der Waals surface area (Å²) >= 11 is 0. The van der Waals surface area contributed by atoms with Crippen LogP contribution in [0.2, 0.25) is 0 Å². The van der Waals surface area contributed by atoms with Gasteiger partial charge in [-0.25, -0.2) is 4.79 Å². The minimum Gasteiger partial charge on any atom is -0.497 e. The van der Waals surface area contributed by atoms with Crippen molar-refractivity contribution >= 4 is 12.0 Å². The van der Waals surface area contributed by atoms with Crippen LogP contribution in [0.15, 0.2) is 18.2 Å². The Morgan fingerprint density at radius 3 is 2.17 bits per heavy atom. The maximum atomic E-state index is 12.6. The molecule has 0 aromatic heterocycles. The number of benzene rings is 1. The third-order valence-corrected chi connectivity index (χ3v) is 4.51. The first-order valence-electron chi connectivity index (χ1n) is 9.58. The molecule has 1 saturated heterocycles. The number of methoxy groups -OCH3 is 2. The van der Waals surface area contributed by atoms with Gasteiger partial charge in [-0.3, -0.25) is 9.69 Å². The standard InChI is InChI=1S/C21H32N2O6/c1-21(2,3)29-20(25)23-12-17(11-18(23)19(24)22(4)5)28-13-14-8-15(26-6)10-16(9-14)27-7/h8-10,17-18H,11-13H2,1-7H3/t17-,18+/m1/s1. The molecule has 0 radical (unpaired) electrons. The van der Waals surface area contributed by atoms with E-state index in [1.54, 1.807) is 55.2 Å². The average Bonchev–Trinajstić information content (AvgIpc) is 3.08. The van der Waals surface area contributed by atoms with Gasteiger partial charge in [0.1, 0.15) is 23.1 Å². The number of carbonyl (C=O) groups is 2. The molecule has 162 valence electrons. The topological polar surface area (TPSA) is 77.5 Å². The van der Waals surface area contributed by atoms with Crippen LogP contribution in [0.25, 0.3) is 0 Å². The van der Waals surface area contributed by atoms with Gasteiger partial charge in [0.2, 0.25) is 5.91 Å². The number of likely N-dealkylation sites (N-methyl/N-ethyl adjacent to an activating group) is 1. The van der Waals surface area contributed by atoms with Gasteiger partial charge in [-0.2, -0.15) is 0 Å². The Hall–Kier alpha value is -2.48. The highest BCUT2D eigenvalue weighted by Crippen LogP contribution is 2.27. The molecule has 1 aromatic carbocycles. The zero-order valence-electron chi connectivity index (χ0n) is 18.4. The van der Waals surface area contributed by atoms with E-state index >= 15 is 0 Å². The van der Waals surface area contributed by atoms with Gasteiger partial charge in [0.25, 0.3) is 0 Å². The zero-order valence-corrected chi connectivity index (χ0v) is 18.4. The van der Waals surface area contributed by atoms with Crippen LogP contribution < -0.4 is 9.47 Å². The summed E-state index contributed by atoms with van der Waals surface area (Å²) in [6.45, 7) is 6.00. The third-order valence-electron chi connectivity index (χ3n) is 4.51. The number of nitrogens with zero attached hydrogens (tertiary/aromatic N) is 2. The van der Waals surface area contributed by atoms with E-state index in [1.165, 1.54) is 9.80 Å². The third kappa shape index (κ3) is 6.25. The second kappa shape index (κ2) is 9.35. The molecule has 8 heteroatoms. The van der Waals surface area contributed by atoms with Gasteiger partial charge in [-0.15, -0.1) is 0 Å². The molecule has 2 atom stereocenters. The first-order valence-corrected chi connectivity index (χ1v) is 9.58. The summed E-state index contributed by atoms with van der Waals surface area (Å²) in [7, 11) is 6.53. The van der Waals surface area contributed by atoms with E-state index in [9.17, 15) is 9.59 Å². The summed E-state index contributed by atoms with van der Waals surface area (Å²) < 4.78 is 22.1. The number of carbonyl (C=O) groups excluding carboxylic acids is 2. The maximum absolute atomic E-state index is 12.6. The van der Waals surface area contributed by atoms with E-state index in [0.717, 1.165) is 5.56 Å². The van der Waals surface area contributed by atoms with Crippen molar-refractivity contribution in [1.82, 2.24) is 9.80 Å². The minimum atomic E-state index is -0.640. The van der Waals surface area contributed by atoms with Gasteiger partial charge in [0.05, 0.1) is 33.5 Å². The van der Waals surface area contributed by atoms with Crippen LogP contribution in [0.5, 0.6) is 11.5 Å².